The molecule has 0 unspecified atom stereocenters. The number of carbonyl (C=O) groups excluding carboxylic acids is 1. The van der Waals surface area contributed by atoms with Gasteiger partial charge in [0.15, 0.2) is 9.84 Å². The fourth-order valence-electron chi connectivity index (χ4n) is 2.84. The van der Waals surface area contributed by atoms with Gasteiger partial charge in [0.1, 0.15) is 11.0 Å². The lowest BCUT2D eigenvalue weighted by Crippen LogP contribution is -2.07. The first-order valence-corrected chi connectivity index (χ1v) is 13.1. The number of allylic oxidation sites excluding steroid dienone is 1. The summed E-state index contributed by atoms with van der Waals surface area (Å²) in [4.78, 5) is 24.1. The van der Waals surface area contributed by atoms with Gasteiger partial charge < -0.3 is 15.4 Å². The van der Waals surface area contributed by atoms with Gasteiger partial charge >= 0.3 is 5.97 Å². The third-order valence-corrected chi connectivity index (χ3v) is 5.87. The molecule has 2 aromatic carbocycles. The quantitative estimate of drug-likeness (QED) is 0.213. The van der Waals surface area contributed by atoms with E-state index in [1.54, 1.807) is 54.6 Å². The van der Waals surface area contributed by atoms with Crippen molar-refractivity contribution < 1.29 is 17.9 Å². The van der Waals surface area contributed by atoms with E-state index in [1.165, 1.54) is 6.08 Å². The molecular formula is C24H23ClN6O4S. The predicted octanol–water partition coefficient (Wildman–Crippen LogP) is 4.88. The summed E-state index contributed by atoms with van der Waals surface area (Å²) in [6, 6.07) is 15.0. The van der Waals surface area contributed by atoms with Gasteiger partial charge in [0.05, 0.1) is 12.2 Å². The van der Waals surface area contributed by atoms with Crippen LogP contribution in [-0.2, 0) is 14.6 Å². The largest absolute Gasteiger partial charge is 0.462 e. The number of anilines is 4. The molecule has 0 amide bonds. The number of hydrogen-bond donors (Lipinski definition) is 2. The van der Waals surface area contributed by atoms with E-state index < -0.39 is 9.84 Å². The number of nitrogens with one attached hydrogen (secondary N) is 2. The van der Waals surface area contributed by atoms with Gasteiger partial charge in [-0.15, -0.1) is 0 Å². The van der Waals surface area contributed by atoms with Crippen LogP contribution in [0.25, 0.3) is 6.08 Å². The van der Waals surface area contributed by atoms with E-state index in [-0.39, 0.29) is 28.1 Å². The maximum absolute atomic E-state index is 12.0. The summed E-state index contributed by atoms with van der Waals surface area (Å²) < 4.78 is 28.4. The lowest BCUT2D eigenvalue weighted by Gasteiger charge is -2.09. The minimum atomic E-state index is -3.61. The smallest absolute Gasteiger partial charge is 0.338 e. The number of benzene rings is 2. The number of rotatable bonds is 10. The molecule has 2 N–H and O–H groups in total. The number of unbranched alkanes of at least 4 members (excludes halogenated alkanes) is 1. The monoisotopic (exact) mass is 526 g/mol. The van der Waals surface area contributed by atoms with Crippen LogP contribution < -0.4 is 10.6 Å². The maximum Gasteiger partial charge on any atom is 0.338 e. The Labute approximate surface area is 213 Å². The molecule has 3 rings (SSSR count). The van der Waals surface area contributed by atoms with Crippen molar-refractivity contribution >= 4 is 56.8 Å². The highest BCUT2D eigenvalue weighted by Gasteiger charge is 2.11. The summed E-state index contributed by atoms with van der Waals surface area (Å²) in [5.74, 6) is -0.0285. The topological polar surface area (TPSA) is 147 Å². The Hall–Kier alpha value is -4.01. The Bertz CT molecular complexity index is 1400. The minimum absolute atomic E-state index is 0.0440. The predicted molar refractivity (Wildman–Crippen MR) is 138 cm³/mol. The Balaban J connectivity index is 1.69. The van der Waals surface area contributed by atoms with Gasteiger partial charge in [-0.3, -0.25) is 0 Å². The molecular weight excluding hydrogens is 504 g/mol. The molecule has 0 fully saturated rings. The van der Waals surface area contributed by atoms with Crippen LogP contribution in [-0.4, -0.2) is 42.2 Å². The van der Waals surface area contributed by atoms with Gasteiger partial charge in [-0.05, 0) is 66.1 Å². The van der Waals surface area contributed by atoms with Gasteiger partial charge in [0, 0.05) is 17.6 Å². The van der Waals surface area contributed by atoms with Crippen LogP contribution >= 0.6 is 11.6 Å². The molecule has 12 heteroatoms. The average molecular weight is 527 g/mol. The minimum Gasteiger partial charge on any atom is -0.462 e. The van der Waals surface area contributed by atoms with Crippen molar-refractivity contribution in [1.82, 2.24) is 15.0 Å². The number of aromatic nitrogens is 3. The normalized spacial score (nSPS) is 11.4. The standard InChI is InChI=1S/C24H23ClN6O4S/c1-3-4-13-35-21(32)17-7-11-19(12-8-17)28-24-30-22(25)29-23(31-24)27-18-9-5-16(6-10-18)14-20(15-26)36(2,33)34/h5-12,14H,3-4,13H2,1-2H3,(H2,27,28,29,30,31)/b20-14+. The number of nitriles is 1. The molecule has 0 atom stereocenters. The third kappa shape index (κ3) is 7.76. The maximum atomic E-state index is 12.0. The zero-order valence-electron chi connectivity index (χ0n) is 19.5. The Morgan fingerprint density at radius 1 is 1.03 bits per heavy atom. The van der Waals surface area contributed by atoms with E-state index in [4.69, 9.17) is 21.6 Å². The van der Waals surface area contributed by atoms with Crippen molar-refractivity contribution in [3.63, 3.8) is 0 Å². The van der Waals surface area contributed by atoms with Crippen LogP contribution in [0.5, 0.6) is 0 Å². The fourth-order valence-corrected chi connectivity index (χ4v) is 3.51. The summed E-state index contributed by atoms with van der Waals surface area (Å²) in [5, 5.41) is 15.0. The average Bonchev–Trinajstić information content (AvgIpc) is 2.83. The molecule has 36 heavy (non-hydrogen) atoms. The van der Waals surface area contributed by atoms with E-state index in [0.717, 1.165) is 19.1 Å². The van der Waals surface area contributed by atoms with Gasteiger partial charge in [0.2, 0.25) is 17.2 Å². The molecule has 3 aromatic rings. The third-order valence-electron chi connectivity index (χ3n) is 4.69. The molecule has 0 radical (unpaired) electrons. The van der Waals surface area contributed by atoms with E-state index >= 15 is 0 Å². The molecule has 10 nitrogen and oxygen atoms in total. The van der Waals surface area contributed by atoms with Crippen LogP contribution in [0.1, 0.15) is 35.7 Å². The van der Waals surface area contributed by atoms with Crippen molar-refractivity contribution in [3.05, 3.63) is 69.8 Å². The lowest BCUT2D eigenvalue weighted by atomic mass is 10.2. The van der Waals surface area contributed by atoms with Gasteiger partial charge in [-0.25, -0.2) is 13.2 Å². The zero-order valence-corrected chi connectivity index (χ0v) is 21.1. The van der Waals surface area contributed by atoms with E-state index in [0.29, 0.717) is 29.1 Å². The van der Waals surface area contributed by atoms with Crippen LogP contribution in [0, 0.1) is 11.3 Å². The Morgan fingerprint density at radius 3 is 2.08 bits per heavy atom. The van der Waals surface area contributed by atoms with Crippen molar-refractivity contribution in [3.8, 4) is 6.07 Å². The fraction of sp³-hybridized carbons (Fsp3) is 0.208. The first-order valence-electron chi connectivity index (χ1n) is 10.8. The van der Waals surface area contributed by atoms with Crippen LogP contribution in [0.4, 0.5) is 23.3 Å². The molecule has 0 aliphatic rings. The SMILES string of the molecule is CCCCOC(=O)c1ccc(Nc2nc(Cl)nc(Nc3ccc(/C=C(\C#N)S(C)(=O)=O)cc3)n2)cc1. The van der Waals surface area contributed by atoms with Crippen molar-refractivity contribution in [2.75, 3.05) is 23.5 Å². The summed E-state index contributed by atoms with van der Waals surface area (Å²) in [6.45, 7) is 2.40. The van der Waals surface area contributed by atoms with E-state index in [9.17, 15) is 13.2 Å². The van der Waals surface area contributed by atoms with Gasteiger partial charge in [0.25, 0.3) is 0 Å². The molecule has 0 saturated carbocycles. The highest BCUT2D eigenvalue weighted by Crippen LogP contribution is 2.21. The van der Waals surface area contributed by atoms with Crippen molar-refractivity contribution in [1.29, 1.82) is 5.26 Å². The number of hydrogen-bond acceptors (Lipinski definition) is 10. The molecule has 0 aliphatic carbocycles. The summed E-state index contributed by atoms with van der Waals surface area (Å²) in [6.07, 6.45) is 4.02. The number of carbonyl (C=O) groups is 1. The molecule has 186 valence electrons. The molecule has 1 aromatic heterocycles. The van der Waals surface area contributed by atoms with Gasteiger partial charge in [-0.1, -0.05) is 25.5 Å². The molecule has 0 aliphatic heterocycles. The number of esters is 1. The van der Waals surface area contributed by atoms with Crippen molar-refractivity contribution in [2.45, 2.75) is 19.8 Å². The Morgan fingerprint density at radius 2 is 1.58 bits per heavy atom. The number of halogens is 1. The highest BCUT2D eigenvalue weighted by molar-refractivity contribution is 7.95. The first-order chi connectivity index (χ1) is 17.2. The Kier molecular flexibility index (Phi) is 8.94. The summed E-state index contributed by atoms with van der Waals surface area (Å²) in [7, 11) is -3.61. The molecule has 0 saturated heterocycles. The highest BCUT2D eigenvalue weighted by atomic mass is 35.5. The molecule has 0 spiro atoms. The van der Waals surface area contributed by atoms with Crippen LogP contribution in [0.15, 0.2) is 53.4 Å². The number of nitrogens with zero attached hydrogens (tertiary/aromatic N) is 4. The second-order valence-electron chi connectivity index (χ2n) is 7.58. The number of sulfone groups is 1. The molecule has 1 heterocycles. The second kappa shape index (κ2) is 12.1. The van der Waals surface area contributed by atoms with Crippen molar-refractivity contribution in [2.24, 2.45) is 0 Å². The lowest BCUT2D eigenvalue weighted by molar-refractivity contribution is 0.0499. The number of ether oxygens (including phenoxy) is 1. The summed E-state index contributed by atoms with van der Waals surface area (Å²) >= 11 is 6.05. The van der Waals surface area contributed by atoms with Crippen LogP contribution in [0.3, 0.4) is 0 Å². The van der Waals surface area contributed by atoms with Gasteiger partial charge in [-0.2, -0.15) is 20.2 Å². The van der Waals surface area contributed by atoms with E-state index in [2.05, 4.69) is 25.6 Å². The second-order valence-corrected chi connectivity index (χ2v) is 9.91. The van der Waals surface area contributed by atoms with Crippen LogP contribution in [0.2, 0.25) is 5.28 Å². The molecule has 0 bridgehead atoms. The summed E-state index contributed by atoms with van der Waals surface area (Å²) in [5.41, 5.74) is 2.20. The van der Waals surface area contributed by atoms with E-state index in [1.807, 2.05) is 6.92 Å². The zero-order chi connectivity index (χ0) is 26.1. The first kappa shape index (κ1) is 26.6.